The Hall–Kier alpha value is -3.09. The lowest BCUT2D eigenvalue weighted by molar-refractivity contribution is -0.130. The number of likely N-dealkylation sites (tertiary alicyclic amines) is 1. The molecule has 1 aliphatic heterocycles. The Labute approximate surface area is 151 Å². The molecule has 1 aliphatic rings. The van der Waals surface area contributed by atoms with Gasteiger partial charge in [0.25, 0.3) is 0 Å². The van der Waals surface area contributed by atoms with Crippen molar-refractivity contribution in [3.8, 4) is 5.69 Å². The van der Waals surface area contributed by atoms with Crippen LogP contribution in [0, 0.1) is 0 Å². The molecule has 3 heterocycles. The summed E-state index contributed by atoms with van der Waals surface area (Å²) < 4.78 is 1.84. The van der Waals surface area contributed by atoms with Crippen molar-refractivity contribution < 1.29 is 4.79 Å². The lowest BCUT2D eigenvalue weighted by Gasteiger charge is -2.16. The number of anilines is 1. The van der Waals surface area contributed by atoms with Crippen molar-refractivity contribution in [2.24, 2.45) is 0 Å². The summed E-state index contributed by atoms with van der Waals surface area (Å²) in [5, 5.41) is 11.3. The van der Waals surface area contributed by atoms with Crippen LogP contribution in [-0.2, 0) is 11.2 Å². The number of hydrogen-bond acceptors (Lipinski definition) is 4. The quantitative estimate of drug-likeness (QED) is 0.737. The van der Waals surface area contributed by atoms with E-state index in [-0.39, 0.29) is 11.8 Å². The number of nitrogens with two attached hydrogens (primary N) is 1. The number of hydrogen-bond donors (Lipinski definition) is 2. The van der Waals surface area contributed by atoms with Gasteiger partial charge in [-0.25, -0.2) is 4.68 Å². The van der Waals surface area contributed by atoms with Gasteiger partial charge in [0.2, 0.25) is 5.91 Å². The summed E-state index contributed by atoms with van der Waals surface area (Å²) in [6.07, 6.45) is 7.55. The second kappa shape index (κ2) is 7.03. The first-order valence-electron chi connectivity index (χ1n) is 8.86. The Morgan fingerprint density at radius 3 is 2.88 bits per heavy atom. The number of carbonyl (C=O) groups excluding carboxylic acids is 1. The standard InChI is InChI=1S/C19H22N6O/c20-17-11-21-23-19(17)15-8-9-24(13-15)18(26)7-6-14-10-22-25(12-14)16-4-2-1-3-5-16/h1-5,10-12,15H,6-9,13,20H2,(H,21,23). The summed E-state index contributed by atoms with van der Waals surface area (Å²) in [6, 6.07) is 9.96. The van der Waals surface area contributed by atoms with Crippen molar-refractivity contribution in [2.75, 3.05) is 18.8 Å². The number of H-pyrrole nitrogens is 1. The average molecular weight is 350 g/mol. The van der Waals surface area contributed by atoms with E-state index in [9.17, 15) is 4.79 Å². The fraction of sp³-hybridized carbons (Fsp3) is 0.316. The molecular formula is C19H22N6O. The molecule has 26 heavy (non-hydrogen) atoms. The third kappa shape index (κ3) is 3.33. The van der Waals surface area contributed by atoms with Crippen molar-refractivity contribution in [2.45, 2.75) is 25.2 Å². The van der Waals surface area contributed by atoms with Crippen LogP contribution in [0.1, 0.15) is 30.0 Å². The third-order valence-electron chi connectivity index (χ3n) is 4.93. The van der Waals surface area contributed by atoms with Gasteiger partial charge in [0.1, 0.15) is 0 Å². The first-order valence-corrected chi connectivity index (χ1v) is 8.86. The number of amides is 1. The molecule has 0 saturated carbocycles. The predicted molar refractivity (Wildman–Crippen MR) is 98.8 cm³/mol. The summed E-state index contributed by atoms with van der Waals surface area (Å²) in [4.78, 5) is 14.5. The first kappa shape index (κ1) is 16.4. The maximum absolute atomic E-state index is 12.5. The molecule has 1 aromatic carbocycles. The molecular weight excluding hydrogens is 328 g/mol. The van der Waals surface area contributed by atoms with Gasteiger partial charge in [-0.15, -0.1) is 0 Å². The number of aryl methyl sites for hydroxylation is 1. The minimum absolute atomic E-state index is 0.179. The Morgan fingerprint density at radius 1 is 1.27 bits per heavy atom. The van der Waals surface area contributed by atoms with Crippen molar-refractivity contribution in [3.63, 3.8) is 0 Å². The highest BCUT2D eigenvalue weighted by Crippen LogP contribution is 2.29. The molecule has 1 fully saturated rings. The van der Waals surface area contributed by atoms with Gasteiger partial charge in [-0.1, -0.05) is 18.2 Å². The summed E-state index contributed by atoms with van der Waals surface area (Å²) in [7, 11) is 0. The molecule has 1 saturated heterocycles. The Morgan fingerprint density at radius 2 is 2.12 bits per heavy atom. The summed E-state index contributed by atoms with van der Waals surface area (Å²) in [5.74, 6) is 0.431. The molecule has 1 unspecified atom stereocenters. The van der Waals surface area contributed by atoms with Crippen molar-refractivity contribution in [3.05, 3.63) is 60.2 Å². The second-order valence-corrected chi connectivity index (χ2v) is 6.69. The first-order chi connectivity index (χ1) is 12.7. The smallest absolute Gasteiger partial charge is 0.222 e. The van der Waals surface area contributed by atoms with Gasteiger partial charge in [-0.3, -0.25) is 9.89 Å². The van der Waals surface area contributed by atoms with E-state index >= 15 is 0 Å². The fourth-order valence-corrected chi connectivity index (χ4v) is 3.48. The largest absolute Gasteiger partial charge is 0.396 e. The highest BCUT2D eigenvalue weighted by atomic mass is 16.2. The van der Waals surface area contributed by atoms with Gasteiger partial charge in [0, 0.05) is 31.6 Å². The van der Waals surface area contributed by atoms with Crippen LogP contribution in [0.5, 0.6) is 0 Å². The zero-order chi connectivity index (χ0) is 17.9. The summed E-state index contributed by atoms with van der Waals surface area (Å²) >= 11 is 0. The molecule has 7 heteroatoms. The molecule has 0 aliphatic carbocycles. The Bertz CT molecular complexity index is 884. The SMILES string of the molecule is Nc1cn[nH]c1C1CCN(C(=O)CCc2cnn(-c3ccccc3)c2)C1. The van der Waals surface area contributed by atoms with Gasteiger partial charge >= 0.3 is 0 Å². The lowest BCUT2D eigenvalue weighted by Crippen LogP contribution is -2.28. The molecule has 134 valence electrons. The van der Waals surface area contributed by atoms with Crippen LogP contribution in [0.2, 0.25) is 0 Å². The normalized spacial score (nSPS) is 16.9. The number of benzene rings is 1. The maximum atomic E-state index is 12.5. The van der Waals surface area contributed by atoms with E-state index in [1.165, 1.54) is 0 Å². The van der Waals surface area contributed by atoms with E-state index in [0.717, 1.165) is 29.9 Å². The zero-order valence-electron chi connectivity index (χ0n) is 14.5. The highest BCUT2D eigenvalue weighted by molar-refractivity contribution is 5.77. The van der Waals surface area contributed by atoms with E-state index in [1.807, 2.05) is 52.3 Å². The molecule has 0 bridgehead atoms. The fourth-order valence-electron chi connectivity index (χ4n) is 3.48. The van der Waals surface area contributed by atoms with Crippen LogP contribution >= 0.6 is 0 Å². The van der Waals surface area contributed by atoms with Crippen LogP contribution in [0.4, 0.5) is 5.69 Å². The predicted octanol–water partition coefficient (Wildman–Crippen LogP) is 2.13. The van der Waals surface area contributed by atoms with Crippen LogP contribution < -0.4 is 5.73 Å². The van der Waals surface area contributed by atoms with Crippen LogP contribution in [0.15, 0.2) is 48.9 Å². The van der Waals surface area contributed by atoms with E-state index in [2.05, 4.69) is 15.3 Å². The van der Waals surface area contributed by atoms with Crippen molar-refractivity contribution in [1.82, 2.24) is 24.9 Å². The van der Waals surface area contributed by atoms with Crippen LogP contribution in [0.25, 0.3) is 5.69 Å². The van der Waals surface area contributed by atoms with Crippen LogP contribution in [-0.4, -0.2) is 43.9 Å². The number of carbonyl (C=O) groups is 1. The van der Waals surface area contributed by atoms with Crippen LogP contribution in [0.3, 0.4) is 0 Å². The van der Waals surface area contributed by atoms with E-state index in [4.69, 9.17) is 5.73 Å². The number of rotatable bonds is 5. The average Bonchev–Trinajstić information content (AvgIpc) is 3.41. The van der Waals surface area contributed by atoms with Gasteiger partial charge in [-0.2, -0.15) is 10.2 Å². The van der Waals surface area contributed by atoms with E-state index < -0.39 is 0 Å². The molecule has 1 atom stereocenters. The van der Waals surface area contributed by atoms with Gasteiger partial charge in [0.15, 0.2) is 0 Å². The topological polar surface area (TPSA) is 92.8 Å². The zero-order valence-corrected chi connectivity index (χ0v) is 14.5. The third-order valence-corrected chi connectivity index (χ3v) is 4.93. The minimum atomic E-state index is 0.179. The Kier molecular flexibility index (Phi) is 4.43. The Balaban J connectivity index is 1.32. The lowest BCUT2D eigenvalue weighted by atomic mass is 10.0. The summed E-state index contributed by atoms with van der Waals surface area (Å²) in [6.45, 7) is 1.47. The molecule has 0 spiro atoms. The maximum Gasteiger partial charge on any atom is 0.222 e. The minimum Gasteiger partial charge on any atom is -0.396 e. The molecule has 0 radical (unpaired) electrons. The monoisotopic (exact) mass is 350 g/mol. The molecule has 3 aromatic rings. The molecule has 3 N–H and O–H groups in total. The number of aromatic nitrogens is 4. The molecule has 7 nitrogen and oxygen atoms in total. The van der Waals surface area contributed by atoms with E-state index in [1.54, 1.807) is 6.20 Å². The van der Waals surface area contributed by atoms with Gasteiger partial charge in [0.05, 0.1) is 29.5 Å². The summed E-state index contributed by atoms with van der Waals surface area (Å²) in [5.41, 5.74) is 9.63. The van der Waals surface area contributed by atoms with Crippen molar-refractivity contribution >= 4 is 11.6 Å². The number of para-hydroxylation sites is 1. The molecule has 1 amide bonds. The second-order valence-electron chi connectivity index (χ2n) is 6.69. The van der Waals surface area contributed by atoms with E-state index in [0.29, 0.717) is 25.1 Å². The van der Waals surface area contributed by atoms with Gasteiger partial charge in [-0.05, 0) is 30.5 Å². The molecule has 2 aromatic heterocycles. The number of nitrogen functional groups attached to an aromatic ring is 1. The number of nitrogens with zero attached hydrogens (tertiary/aromatic N) is 4. The molecule has 4 rings (SSSR count). The van der Waals surface area contributed by atoms with Gasteiger partial charge < -0.3 is 10.6 Å². The number of aromatic amines is 1. The highest BCUT2D eigenvalue weighted by Gasteiger charge is 2.29. The van der Waals surface area contributed by atoms with Crippen molar-refractivity contribution in [1.29, 1.82) is 0 Å². The number of nitrogens with one attached hydrogen (secondary N) is 1.